The van der Waals surface area contributed by atoms with E-state index in [4.69, 9.17) is 9.47 Å². The summed E-state index contributed by atoms with van der Waals surface area (Å²) in [5, 5.41) is 4.49. The van der Waals surface area contributed by atoms with E-state index in [1.54, 1.807) is 19.2 Å². The molecule has 0 unspecified atom stereocenters. The third-order valence-corrected chi connectivity index (χ3v) is 5.95. The molecule has 0 aliphatic heterocycles. The maximum absolute atomic E-state index is 12.6. The molecule has 158 valence electrons. The number of halogens is 1. The maximum Gasteiger partial charge on any atom is 0.262 e. The molecule has 3 aromatic rings. The van der Waals surface area contributed by atoms with Gasteiger partial charge in [0.1, 0.15) is 11.4 Å². The van der Waals surface area contributed by atoms with Gasteiger partial charge < -0.3 is 9.47 Å². The number of amides is 1. The van der Waals surface area contributed by atoms with Gasteiger partial charge in [-0.25, -0.2) is 10.4 Å². The molecule has 2 aromatic heterocycles. The number of thiophene rings is 1. The predicted molar refractivity (Wildman–Crippen MR) is 121 cm³/mol. The van der Waals surface area contributed by atoms with E-state index in [0.717, 1.165) is 11.3 Å². The van der Waals surface area contributed by atoms with Crippen LogP contribution in [0.1, 0.15) is 24.3 Å². The Bertz CT molecular complexity index is 1160. The van der Waals surface area contributed by atoms with Gasteiger partial charge in [0.25, 0.3) is 11.5 Å². The quantitative estimate of drug-likeness (QED) is 0.384. The van der Waals surface area contributed by atoms with Crippen molar-refractivity contribution < 1.29 is 14.3 Å². The summed E-state index contributed by atoms with van der Waals surface area (Å²) in [5.41, 5.74) is 2.89. The molecule has 8 nitrogen and oxygen atoms in total. The van der Waals surface area contributed by atoms with E-state index in [1.807, 2.05) is 19.9 Å². The number of fused-ring (bicyclic) bond motifs is 1. The number of nitrogens with zero attached hydrogens (tertiary/aromatic N) is 3. The van der Waals surface area contributed by atoms with Crippen molar-refractivity contribution >= 4 is 49.6 Å². The van der Waals surface area contributed by atoms with Crippen molar-refractivity contribution in [2.45, 2.75) is 26.8 Å². The fraction of sp³-hybridized carbons (Fsp3) is 0.300. The molecule has 30 heavy (non-hydrogen) atoms. The van der Waals surface area contributed by atoms with E-state index in [2.05, 4.69) is 31.4 Å². The summed E-state index contributed by atoms with van der Waals surface area (Å²) in [7, 11) is 1.55. The Hall–Kier alpha value is -2.72. The van der Waals surface area contributed by atoms with Gasteiger partial charge in [0.15, 0.2) is 11.5 Å². The van der Waals surface area contributed by atoms with Crippen LogP contribution in [0.4, 0.5) is 0 Å². The van der Waals surface area contributed by atoms with Crippen LogP contribution in [0.15, 0.2) is 38.9 Å². The van der Waals surface area contributed by atoms with Crippen molar-refractivity contribution in [1.29, 1.82) is 0 Å². The van der Waals surface area contributed by atoms with Crippen LogP contribution in [-0.2, 0) is 17.8 Å². The highest BCUT2D eigenvalue weighted by atomic mass is 79.9. The van der Waals surface area contributed by atoms with Gasteiger partial charge in [-0.3, -0.25) is 14.2 Å². The number of aromatic nitrogens is 2. The molecule has 2 heterocycles. The number of aryl methyl sites for hydroxylation is 1. The zero-order valence-corrected chi connectivity index (χ0v) is 19.2. The largest absolute Gasteiger partial charge is 0.493 e. The number of carbonyl (C=O) groups is 1. The lowest BCUT2D eigenvalue weighted by Crippen LogP contribution is -2.29. The Morgan fingerprint density at radius 3 is 2.87 bits per heavy atom. The van der Waals surface area contributed by atoms with Crippen LogP contribution in [0.25, 0.3) is 10.2 Å². The third kappa shape index (κ3) is 4.88. The minimum Gasteiger partial charge on any atom is -0.493 e. The molecule has 0 spiro atoms. The van der Waals surface area contributed by atoms with Crippen molar-refractivity contribution in [1.82, 2.24) is 15.0 Å². The first-order chi connectivity index (χ1) is 14.5. The van der Waals surface area contributed by atoms with Crippen molar-refractivity contribution in [2.75, 3.05) is 13.7 Å². The van der Waals surface area contributed by atoms with Gasteiger partial charge >= 0.3 is 0 Å². The monoisotopic (exact) mass is 492 g/mol. The fourth-order valence-corrected chi connectivity index (χ4v) is 4.26. The van der Waals surface area contributed by atoms with Gasteiger partial charge in [0.05, 0.1) is 36.1 Å². The third-order valence-electron chi connectivity index (χ3n) is 4.17. The molecule has 0 radical (unpaired) electrons. The smallest absolute Gasteiger partial charge is 0.262 e. The number of ether oxygens (including phenoxy) is 2. The second-order valence-electron chi connectivity index (χ2n) is 6.22. The second kappa shape index (κ2) is 9.86. The van der Waals surface area contributed by atoms with Crippen molar-refractivity contribution in [3.63, 3.8) is 0 Å². The maximum atomic E-state index is 12.6. The van der Waals surface area contributed by atoms with Gasteiger partial charge in [-0.05, 0) is 53.0 Å². The summed E-state index contributed by atoms with van der Waals surface area (Å²) in [6.07, 6.45) is 3.71. The predicted octanol–water partition coefficient (Wildman–Crippen LogP) is 3.34. The van der Waals surface area contributed by atoms with Crippen molar-refractivity contribution in [3.8, 4) is 11.5 Å². The van der Waals surface area contributed by atoms with Crippen LogP contribution in [0, 0.1) is 0 Å². The van der Waals surface area contributed by atoms with Gasteiger partial charge in [-0.1, -0.05) is 6.92 Å². The summed E-state index contributed by atoms with van der Waals surface area (Å²) in [6.45, 7) is 4.24. The Morgan fingerprint density at radius 2 is 2.17 bits per heavy atom. The molecule has 0 saturated heterocycles. The van der Waals surface area contributed by atoms with Gasteiger partial charge in [-0.15, -0.1) is 11.3 Å². The van der Waals surface area contributed by atoms with Crippen LogP contribution in [0.3, 0.4) is 0 Å². The van der Waals surface area contributed by atoms with E-state index in [9.17, 15) is 9.59 Å². The van der Waals surface area contributed by atoms with Gasteiger partial charge in [0, 0.05) is 4.88 Å². The minimum absolute atomic E-state index is 0.174. The molecule has 0 fully saturated rings. The number of benzene rings is 1. The first kappa shape index (κ1) is 22.0. The summed E-state index contributed by atoms with van der Waals surface area (Å²) in [4.78, 5) is 30.8. The lowest BCUT2D eigenvalue weighted by Gasteiger charge is -2.12. The minimum atomic E-state index is -0.433. The average molecular weight is 493 g/mol. The van der Waals surface area contributed by atoms with Crippen LogP contribution in [-0.4, -0.2) is 35.4 Å². The number of rotatable bonds is 8. The highest BCUT2D eigenvalue weighted by molar-refractivity contribution is 9.10. The zero-order chi connectivity index (χ0) is 21.7. The number of hydrogen-bond donors (Lipinski definition) is 1. The van der Waals surface area contributed by atoms with Crippen LogP contribution in [0.2, 0.25) is 0 Å². The molecule has 3 rings (SSSR count). The van der Waals surface area contributed by atoms with Gasteiger partial charge in [0.2, 0.25) is 0 Å². The normalized spacial score (nSPS) is 11.2. The van der Waals surface area contributed by atoms with Crippen LogP contribution >= 0.6 is 27.3 Å². The zero-order valence-electron chi connectivity index (χ0n) is 16.8. The SMILES string of the molecule is CCOc1c(Br)cc(/C=N/NC(=O)Cn2cnc3sc(CC)cc3c2=O)cc1OC. The molecule has 0 aliphatic carbocycles. The second-order valence-corrected chi connectivity index (χ2v) is 8.19. The Kier molecular flexibility index (Phi) is 7.22. The number of nitrogens with one attached hydrogen (secondary N) is 1. The molecule has 1 aromatic carbocycles. The Labute approximate surface area is 185 Å². The Morgan fingerprint density at radius 1 is 1.37 bits per heavy atom. The number of methoxy groups -OCH3 is 1. The van der Waals surface area contributed by atoms with E-state index < -0.39 is 5.91 Å². The van der Waals surface area contributed by atoms with E-state index in [1.165, 1.54) is 28.4 Å². The molecule has 1 amide bonds. The van der Waals surface area contributed by atoms with Crippen molar-refractivity contribution in [3.05, 3.63) is 49.8 Å². The first-order valence-corrected chi connectivity index (χ1v) is 10.9. The topological polar surface area (TPSA) is 94.8 Å². The lowest BCUT2D eigenvalue weighted by molar-refractivity contribution is -0.121. The lowest BCUT2D eigenvalue weighted by atomic mass is 10.2. The first-order valence-electron chi connectivity index (χ1n) is 9.26. The number of carbonyl (C=O) groups excluding carboxylic acids is 1. The Balaban J connectivity index is 1.69. The average Bonchev–Trinajstić information content (AvgIpc) is 3.16. The summed E-state index contributed by atoms with van der Waals surface area (Å²) in [5.74, 6) is 0.715. The summed E-state index contributed by atoms with van der Waals surface area (Å²) in [6, 6.07) is 5.38. The molecular formula is C20H21BrN4O4S. The van der Waals surface area contributed by atoms with E-state index >= 15 is 0 Å². The molecule has 1 N–H and O–H groups in total. The highest BCUT2D eigenvalue weighted by Gasteiger charge is 2.12. The number of hydrogen-bond acceptors (Lipinski definition) is 7. The molecule has 0 saturated carbocycles. The standard InChI is InChI=1S/C20H21BrN4O4S/c1-4-13-8-14-19(30-13)22-11-25(20(14)27)10-17(26)24-23-9-12-6-15(21)18(29-5-2)16(7-12)28-3/h6-9,11H,4-5,10H2,1-3H3,(H,24,26)/b23-9+. The van der Waals surface area contributed by atoms with Crippen molar-refractivity contribution in [2.24, 2.45) is 5.10 Å². The van der Waals surface area contributed by atoms with Crippen LogP contribution < -0.4 is 20.5 Å². The molecule has 0 aliphatic rings. The molecule has 0 bridgehead atoms. The molecule has 0 atom stereocenters. The van der Waals surface area contributed by atoms with Gasteiger partial charge in [-0.2, -0.15) is 5.10 Å². The summed E-state index contributed by atoms with van der Waals surface area (Å²) < 4.78 is 12.9. The van der Waals surface area contributed by atoms with E-state index in [-0.39, 0.29) is 12.1 Å². The molecular weight excluding hydrogens is 472 g/mol. The van der Waals surface area contributed by atoms with Crippen LogP contribution in [0.5, 0.6) is 11.5 Å². The van der Waals surface area contributed by atoms with E-state index in [0.29, 0.717) is 38.4 Å². The number of hydrazone groups is 1. The molecule has 10 heteroatoms. The summed E-state index contributed by atoms with van der Waals surface area (Å²) >= 11 is 4.93. The highest BCUT2D eigenvalue weighted by Crippen LogP contribution is 2.36. The fourth-order valence-electron chi connectivity index (χ4n) is 2.76.